The van der Waals surface area contributed by atoms with Gasteiger partial charge in [0.25, 0.3) is 0 Å². The average molecular weight is 304 g/mol. The first-order valence-electron chi connectivity index (χ1n) is 4.92. The van der Waals surface area contributed by atoms with Crippen LogP contribution in [0.1, 0.15) is 0 Å². The molecule has 0 spiro atoms. The van der Waals surface area contributed by atoms with Crippen molar-refractivity contribution in [3.63, 3.8) is 0 Å². The second-order valence-electron chi connectivity index (χ2n) is 3.62. The fourth-order valence-electron chi connectivity index (χ4n) is 2.01. The molecule has 0 unspecified atom stereocenters. The van der Waals surface area contributed by atoms with Gasteiger partial charge in [-0.2, -0.15) is 0 Å². The van der Waals surface area contributed by atoms with E-state index in [-0.39, 0.29) is 0 Å². The number of rotatable bonds is 0. The molecule has 0 nitrogen and oxygen atoms in total. The summed E-state index contributed by atoms with van der Waals surface area (Å²) in [5, 5.41) is 5.35. The molecule has 0 amide bonds. The van der Waals surface area contributed by atoms with E-state index in [1.807, 2.05) is 0 Å². The zero-order chi connectivity index (χ0) is 10.3. The Balaban J connectivity index is 2.64. The van der Waals surface area contributed by atoms with E-state index < -0.39 is 0 Å². The zero-order valence-corrected chi connectivity index (χ0v) is 10.2. The summed E-state index contributed by atoms with van der Waals surface area (Å²) < 4.78 is 1.32. The molecular formula is C14H9I. The molecule has 0 saturated carbocycles. The SMILES string of the molecule is Ic1cccc2ccc3ccccc3c12. The highest BCUT2D eigenvalue weighted by Crippen LogP contribution is 2.28. The van der Waals surface area contributed by atoms with Crippen molar-refractivity contribution in [3.05, 3.63) is 58.2 Å². The monoisotopic (exact) mass is 304 g/mol. The summed E-state index contributed by atoms with van der Waals surface area (Å²) >= 11 is 2.41. The van der Waals surface area contributed by atoms with Gasteiger partial charge in [0.15, 0.2) is 0 Å². The highest BCUT2D eigenvalue weighted by Gasteiger charge is 2.02. The standard InChI is InChI=1S/C14H9I/c15-13-7-3-5-11-9-8-10-4-1-2-6-12(10)14(11)13/h1-9H. The average Bonchev–Trinajstić information content (AvgIpc) is 2.29. The molecule has 0 bridgehead atoms. The first-order chi connectivity index (χ1) is 7.36. The normalized spacial score (nSPS) is 11.0. The minimum atomic E-state index is 1.31. The van der Waals surface area contributed by atoms with Gasteiger partial charge in [0, 0.05) is 8.96 Å². The van der Waals surface area contributed by atoms with E-state index in [9.17, 15) is 0 Å². The summed E-state index contributed by atoms with van der Waals surface area (Å²) in [6, 6.07) is 19.4. The van der Waals surface area contributed by atoms with Crippen LogP contribution >= 0.6 is 22.6 Å². The molecule has 3 rings (SSSR count). The van der Waals surface area contributed by atoms with Crippen LogP contribution in [0.25, 0.3) is 21.5 Å². The quantitative estimate of drug-likeness (QED) is 0.421. The number of hydrogen-bond donors (Lipinski definition) is 0. The van der Waals surface area contributed by atoms with Crippen molar-refractivity contribution in [1.29, 1.82) is 0 Å². The summed E-state index contributed by atoms with van der Waals surface area (Å²) in [5.74, 6) is 0. The molecule has 0 heterocycles. The molecule has 0 atom stereocenters. The van der Waals surface area contributed by atoms with Crippen LogP contribution in [0.4, 0.5) is 0 Å². The summed E-state index contributed by atoms with van der Waals surface area (Å²) in [4.78, 5) is 0. The molecule has 15 heavy (non-hydrogen) atoms. The van der Waals surface area contributed by atoms with Crippen LogP contribution in [0, 0.1) is 3.57 Å². The van der Waals surface area contributed by atoms with Crippen molar-refractivity contribution in [2.45, 2.75) is 0 Å². The maximum Gasteiger partial charge on any atom is 0.0215 e. The van der Waals surface area contributed by atoms with Crippen molar-refractivity contribution in [3.8, 4) is 0 Å². The predicted octanol–water partition coefficient (Wildman–Crippen LogP) is 4.60. The zero-order valence-electron chi connectivity index (χ0n) is 8.07. The second-order valence-corrected chi connectivity index (χ2v) is 4.79. The van der Waals surface area contributed by atoms with Crippen molar-refractivity contribution >= 4 is 44.1 Å². The van der Waals surface area contributed by atoms with Crippen LogP contribution in [-0.4, -0.2) is 0 Å². The lowest BCUT2D eigenvalue weighted by atomic mass is 10.0. The fourth-order valence-corrected chi connectivity index (χ4v) is 2.82. The molecular weight excluding hydrogens is 295 g/mol. The molecule has 0 aliphatic rings. The Labute approximate surface area is 102 Å². The third kappa shape index (κ3) is 1.42. The van der Waals surface area contributed by atoms with Crippen LogP contribution in [0.5, 0.6) is 0 Å². The van der Waals surface area contributed by atoms with E-state index in [2.05, 4.69) is 77.2 Å². The molecule has 72 valence electrons. The Bertz CT molecular complexity index is 641. The van der Waals surface area contributed by atoms with Crippen molar-refractivity contribution in [1.82, 2.24) is 0 Å². The number of benzene rings is 3. The third-order valence-corrected chi connectivity index (χ3v) is 3.62. The number of hydrogen-bond acceptors (Lipinski definition) is 0. The Kier molecular flexibility index (Phi) is 2.13. The van der Waals surface area contributed by atoms with Gasteiger partial charge in [0.2, 0.25) is 0 Å². The lowest BCUT2D eigenvalue weighted by Gasteiger charge is -2.05. The molecule has 1 heteroatoms. The van der Waals surface area contributed by atoms with Gasteiger partial charge >= 0.3 is 0 Å². The predicted molar refractivity (Wildman–Crippen MR) is 74.2 cm³/mol. The van der Waals surface area contributed by atoms with Gasteiger partial charge < -0.3 is 0 Å². The van der Waals surface area contributed by atoms with Gasteiger partial charge in [-0.3, -0.25) is 0 Å². The highest BCUT2D eigenvalue weighted by molar-refractivity contribution is 14.1. The van der Waals surface area contributed by atoms with Gasteiger partial charge in [-0.25, -0.2) is 0 Å². The van der Waals surface area contributed by atoms with Crippen LogP contribution in [0.2, 0.25) is 0 Å². The molecule has 0 N–H and O–H groups in total. The number of halogens is 1. The lowest BCUT2D eigenvalue weighted by molar-refractivity contribution is 1.73. The molecule has 0 fully saturated rings. The summed E-state index contributed by atoms with van der Waals surface area (Å²) in [6.45, 7) is 0. The first kappa shape index (κ1) is 9.16. The van der Waals surface area contributed by atoms with E-state index >= 15 is 0 Å². The third-order valence-electron chi connectivity index (χ3n) is 2.72. The van der Waals surface area contributed by atoms with E-state index in [1.54, 1.807) is 0 Å². The number of fused-ring (bicyclic) bond motifs is 3. The molecule has 0 saturated heterocycles. The Morgan fingerprint density at radius 1 is 0.667 bits per heavy atom. The Morgan fingerprint density at radius 2 is 1.40 bits per heavy atom. The first-order valence-corrected chi connectivity index (χ1v) is 6.00. The topological polar surface area (TPSA) is 0 Å². The van der Waals surface area contributed by atoms with Gasteiger partial charge in [-0.1, -0.05) is 48.5 Å². The van der Waals surface area contributed by atoms with Gasteiger partial charge in [0.05, 0.1) is 0 Å². The summed E-state index contributed by atoms with van der Waals surface area (Å²) in [6.07, 6.45) is 0. The fraction of sp³-hybridized carbons (Fsp3) is 0. The van der Waals surface area contributed by atoms with Crippen molar-refractivity contribution < 1.29 is 0 Å². The van der Waals surface area contributed by atoms with Gasteiger partial charge in [0.1, 0.15) is 0 Å². The molecule has 0 aliphatic carbocycles. The van der Waals surface area contributed by atoms with Crippen molar-refractivity contribution in [2.75, 3.05) is 0 Å². The van der Waals surface area contributed by atoms with E-state index in [1.165, 1.54) is 25.1 Å². The molecule has 0 aliphatic heterocycles. The van der Waals surface area contributed by atoms with Gasteiger partial charge in [-0.15, -0.1) is 0 Å². The molecule has 0 aromatic heterocycles. The van der Waals surface area contributed by atoms with Crippen LogP contribution in [0.3, 0.4) is 0 Å². The molecule has 3 aromatic rings. The second kappa shape index (κ2) is 3.49. The maximum absolute atomic E-state index is 2.41. The summed E-state index contributed by atoms with van der Waals surface area (Å²) in [5.41, 5.74) is 0. The molecule has 0 radical (unpaired) electrons. The minimum Gasteiger partial charge on any atom is -0.0616 e. The highest BCUT2D eigenvalue weighted by atomic mass is 127. The van der Waals surface area contributed by atoms with Crippen LogP contribution in [-0.2, 0) is 0 Å². The van der Waals surface area contributed by atoms with Crippen molar-refractivity contribution in [2.24, 2.45) is 0 Å². The summed E-state index contributed by atoms with van der Waals surface area (Å²) in [7, 11) is 0. The smallest absolute Gasteiger partial charge is 0.0215 e. The van der Waals surface area contributed by atoms with Crippen LogP contribution < -0.4 is 0 Å². The lowest BCUT2D eigenvalue weighted by Crippen LogP contribution is -1.80. The van der Waals surface area contributed by atoms with E-state index in [0.29, 0.717) is 0 Å². The molecule has 3 aromatic carbocycles. The van der Waals surface area contributed by atoms with Crippen LogP contribution in [0.15, 0.2) is 54.6 Å². The van der Waals surface area contributed by atoms with E-state index in [0.717, 1.165) is 0 Å². The van der Waals surface area contributed by atoms with E-state index in [4.69, 9.17) is 0 Å². The maximum atomic E-state index is 2.41. The largest absolute Gasteiger partial charge is 0.0616 e. The van der Waals surface area contributed by atoms with Gasteiger partial charge in [-0.05, 0) is 44.8 Å². The minimum absolute atomic E-state index is 1.31. The Hall–Kier alpha value is -1.09. The Morgan fingerprint density at radius 3 is 2.33 bits per heavy atom.